The SMILES string of the molecule is CN1CCC(C(=O)C(=O)N2CCc3ccccc3[C@@H]2c2ccc(F)cc2)CC1. The number of benzene rings is 2. The lowest BCUT2D eigenvalue weighted by atomic mass is 9.86. The molecule has 2 aliphatic heterocycles. The highest BCUT2D eigenvalue weighted by molar-refractivity contribution is 6.37. The van der Waals surface area contributed by atoms with Gasteiger partial charge in [0.15, 0.2) is 0 Å². The fraction of sp³-hybridized carbons (Fsp3) is 0.391. The summed E-state index contributed by atoms with van der Waals surface area (Å²) in [5.74, 6) is -1.19. The largest absolute Gasteiger partial charge is 0.325 e. The first-order valence-electron chi connectivity index (χ1n) is 9.91. The third kappa shape index (κ3) is 3.59. The van der Waals surface area contributed by atoms with E-state index in [9.17, 15) is 14.0 Å². The number of rotatable bonds is 3. The van der Waals surface area contributed by atoms with E-state index in [0.29, 0.717) is 6.54 Å². The van der Waals surface area contributed by atoms with Gasteiger partial charge in [-0.3, -0.25) is 9.59 Å². The average Bonchev–Trinajstić information content (AvgIpc) is 2.73. The van der Waals surface area contributed by atoms with Crippen LogP contribution in [0.4, 0.5) is 4.39 Å². The first-order chi connectivity index (χ1) is 13.5. The smallest absolute Gasteiger partial charge is 0.291 e. The van der Waals surface area contributed by atoms with Gasteiger partial charge in [-0.15, -0.1) is 0 Å². The van der Waals surface area contributed by atoms with Gasteiger partial charge in [0.05, 0.1) is 6.04 Å². The lowest BCUT2D eigenvalue weighted by Gasteiger charge is -2.38. The molecule has 0 N–H and O–H groups in total. The number of amides is 1. The minimum Gasteiger partial charge on any atom is -0.325 e. The van der Waals surface area contributed by atoms with Gasteiger partial charge in [0.1, 0.15) is 5.82 Å². The highest BCUT2D eigenvalue weighted by Crippen LogP contribution is 2.36. The zero-order valence-electron chi connectivity index (χ0n) is 16.1. The second-order valence-corrected chi connectivity index (χ2v) is 7.84. The van der Waals surface area contributed by atoms with Gasteiger partial charge in [0.2, 0.25) is 5.78 Å². The predicted octanol–water partition coefficient (Wildman–Crippen LogP) is 3.21. The van der Waals surface area contributed by atoms with Crippen molar-refractivity contribution in [2.24, 2.45) is 5.92 Å². The summed E-state index contributed by atoms with van der Waals surface area (Å²) >= 11 is 0. The van der Waals surface area contributed by atoms with Crippen LogP contribution in [0.1, 0.15) is 35.6 Å². The highest BCUT2D eigenvalue weighted by Gasteiger charge is 2.37. The maximum absolute atomic E-state index is 13.5. The Balaban J connectivity index is 1.65. The number of Topliss-reactive ketones (excluding diaryl/α,β-unsaturated/α-hetero) is 1. The van der Waals surface area contributed by atoms with Crippen LogP contribution in [0.3, 0.4) is 0 Å². The number of hydrogen-bond donors (Lipinski definition) is 0. The number of fused-ring (bicyclic) bond motifs is 1. The molecule has 2 heterocycles. The number of ketones is 1. The second-order valence-electron chi connectivity index (χ2n) is 7.84. The minimum absolute atomic E-state index is 0.199. The summed E-state index contributed by atoms with van der Waals surface area (Å²) in [5.41, 5.74) is 3.02. The van der Waals surface area contributed by atoms with Crippen molar-refractivity contribution in [3.05, 3.63) is 71.0 Å². The van der Waals surface area contributed by atoms with Crippen LogP contribution in [-0.4, -0.2) is 48.2 Å². The summed E-state index contributed by atoms with van der Waals surface area (Å²) in [4.78, 5) is 30.1. The molecule has 1 amide bonds. The first-order valence-corrected chi connectivity index (χ1v) is 9.91. The molecule has 0 saturated carbocycles. The molecule has 4 nitrogen and oxygen atoms in total. The van der Waals surface area contributed by atoms with Crippen molar-refractivity contribution in [3.8, 4) is 0 Å². The summed E-state index contributed by atoms with van der Waals surface area (Å²) in [6, 6.07) is 13.9. The van der Waals surface area contributed by atoms with E-state index in [1.807, 2.05) is 25.2 Å². The van der Waals surface area contributed by atoms with Crippen molar-refractivity contribution in [2.45, 2.75) is 25.3 Å². The minimum atomic E-state index is -0.404. The molecule has 0 radical (unpaired) electrons. The second kappa shape index (κ2) is 7.84. The van der Waals surface area contributed by atoms with Crippen molar-refractivity contribution >= 4 is 11.7 Å². The van der Waals surface area contributed by atoms with Crippen LogP contribution in [0, 0.1) is 11.7 Å². The van der Waals surface area contributed by atoms with Gasteiger partial charge in [-0.05, 0) is 68.2 Å². The standard InChI is InChI=1S/C23H25FN2O2/c1-25-13-10-18(11-14-25)22(27)23(28)26-15-12-16-4-2-3-5-20(16)21(26)17-6-8-19(24)9-7-17/h2-9,18,21H,10-15H2,1H3/t21-/m0/s1. The van der Waals surface area contributed by atoms with Crippen LogP contribution in [0.15, 0.2) is 48.5 Å². The van der Waals surface area contributed by atoms with Crippen LogP contribution >= 0.6 is 0 Å². The quantitative estimate of drug-likeness (QED) is 0.768. The van der Waals surface area contributed by atoms with Crippen molar-refractivity contribution in [2.75, 3.05) is 26.7 Å². The number of nitrogens with zero attached hydrogens (tertiary/aromatic N) is 2. The molecule has 28 heavy (non-hydrogen) atoms. The van der Waals surface area contributed by atoms with E-state index < -0.39 is 5.91 Å². The Labute approximate surface area is 164 Å². The molecule has 1 atom stereocenters. The summed E-state index contributed by atoms with van der Waals surface area (Å²) in [6.45, 7) is 2.18. The Kier molecular flexibility index (Phi) is 5.27. The molecular formula is C23H25FN2O2. The molecule has 0 aliphatic carbocycles. The first kappa shape index (κ1) is 18.8. The number of halogens is 1. The Morgan fingerprint density at radius 3 is 2.36 bits per heavy atom. The molecule has 5 heteroatoms. The number of carbonyl (C=O) groups is 2. The molecule has 1 saturated heterocycles. The Morgan fingerprint density at radius 1 is 0.964 bits per heavy atom. The zero-order chi connectivity index (χ0) is 19.7. The normalized spacial score (nSPS) is 20.6. The van der Waals surface area contributed by atoms with E-state index in [1.54, 1.807) is 17.0 Å². The van der Waals surface area contributed by atoms with Gasteiger partial charge in [-0.25, -0.2) is 4.39 Å². The van der Waals surface area contributed by atoms with Crippen LogP contribution in [0.5, 0.6) is 0 Å². The van der Waals surface area contributed by atoms with Crippen molar-refractivity contribution in [3.63, 3.8) is 0 Å². The summed E-state index contributed by atoms with van der Waals surface area (Å²) < 4.78 is 13.5. The van der Waals surface area contributed by atoms with Crippen LogP contribution in [-0.2, 0) is 16.0 Å². The lowest BCUT2D eigenvalue weighted by molar-refractivity contribution is -0.148. The van der Waals surface area contributed by atoms with Crippen LogP contribution < -0.4 is 0 Å². The van der Waals surface area contributed by atoms with Crippen molar-refractivity contribution < 1.29 is 14.0 Å². The van der Waals surface area contributed by atoms with E-state index in [2.05, 4.69) is 11.0 Å². The molecule has 146 valence electrons. The zero-order valence-corrected chi connectivity index (χ0v) is 16.1. The summed E-state index contributed by atoms with van der Waals surface area (Å²) in [5, 5.41) is 0. The fourth-order valence-corrected chi connectivity index (χ4v) is 4.38. The summed E-state index contributed by atoms with van der Waals surface area (Å²) in [6.07, 6.45) is 2.18. The molecule has 0 unspecified atom stereocenters. The Hall–Kier alpha value is -2.53. The monoisotopic (exact) mass is 380 g/mol. The molecule has 2 aromatic carbocycles. The van der Waals surface area contributed by atoms with E-state index in [1.165, 1.54) is 17.7 Å². The molecule has 2 aromatic rings. The molecule has 0 aromatic heterocycles. The number of piperidine rings is 1. The van der Waals surface area contributed by atoms with Crippen molar-refractivity contribution in [1.82, 2.24) is 9.80 Å². The van der Waals surface area contributed by atoms with Crippen LogP contribution in [0.2, 0.25) is 0 Å². The van der Waals surface area contributed by atoms with Gasteiger partial charge in [0.25, 0.3) is 5.91 Å². The van der Waals surface area contributed by atoms with E-state index in [4.69, 9.17) is 0 Å². The third-order valence-electron chi connectivity index (χ3n) is 6.03. The topological polar surface area (TPSA) is 40.6 Å². The van der Waals surface area contributed by atoms with Gasteiger partial charge in [0, 0.05) is 12.5 Å². The van der Waals surface area contributed by atoms with E-state index in [-0.39, 0.29) is 23.6 Å². The van der Waals surface area contributed by atoms with Crippen LogP contribution in [0.25, 0.3) is 0 Å². The van der Waals surface area contributed by atoms with Gasteiger partial charge >= 0.3 is 0 Å². The van der Waals surface area contributed by atoms with E-state index in [0.717, 1.165) is 43.5 Å². The molecule has 4 rings (SSSR count). The summed E-state index contributed by atoms with van der Waals surface area (Å²) in [7, 11) is 2.04. The lowest BCUT2D eigenvalue weighted by Crippen LogP contribution is -2.47. The number of hydrogen-bond acceptors (Lipinski definition) is 3. The predicted molar refractivity (Wildman–Crippen MR) is 105 cm³/mol. The third-order valence-corrected chi connectivity index (χ3v) is 6.03. The van der Waals surface area contributed by atoms with Gasteiger partial charge in [-0.2, -0.15) is 0 Å². The molecule has 0 spiro atoms. The molecular weight excluding hydrogens is 355 g/mol. The maximum atomic E-state index is 13.5. The maximum Gasteiger partial charge on any atom is 0.291 e. The Morgan fingerprint density at radius 2 is 1.64 bits per heavy atom. The number of carbonyl (C=O) groups excluding carboxylic acids is 2. The molecule has 0 bridgehead atoms. The average molecular weight is 380 g/mol. The fourth-order valence-electron chi connectivity index (χ4n) is 4.38. The highest BCUT2D eigenvalue weighted by atomic mass is 19.1. The van der Waals surface area contributed by atoms with Crippen molar-refractivity contribution in [1.29, 1.82) is 0 Å². The van der Waals surface area contributed by atoms with E-state index >= 15 is 0 Å². The molecule has 2 aliphatic rings. The van der Waals surface area contributed by atoms with Gasteiger partial charge < -0.3 is 9.80 Å². The van der Waals surface area contributed by atoms with Gasteiger partial charge in [-0.1, -0.05) is 36.4 Å². The number of likely N-dealkylation sites (tertiary alicyclic amines) is 1. The Bertz CT molecular complexity index is 872. The molecule has 1 fully saturated rings.